The molecule has 0 aromatic heterocycles. The van der Waals surface area contributed by atoms with Gasteiger partial charge in [-0.15, -0.1) is 5.73 Å². The summed E-state index contributed by atoms with van der Waals surface area (Å²) in [6.45, 7) is 0. The summed E-state index contributed by atoms with van der Waals surface area (Å²) < 4.78 is 0. The van der Waals surface area contributed by atoms with Crippen LogP contribution < -0.4 is 4.90 Å². The second-order valence-corrected chi connectivity index (χ2v) is 12.9. The van der Waals surface area contributed by atoms with Crippen LogP contribution in [0.1, 0.15) is 25.7 Å². The molecule has 2 nitrogen and oxygen atoms in total. The Kier molecular flexibility index (Phi) is 8.79. The first-order valence-electron chi connectivity index (χ1n) is 17.5. The summed E-state index contributed by atoms with van der Waals surface area (Å²) in [4.78, 5) is 4.83. The topological polar surface area (TPSA) is 6.48 Å². The largest absolute Gasteiger partial charge is 0.310 e. The molecule has 0 fully saturated rings. The minimum Gasteiger partial charge on any atom is -0.310 e. The van der Waals surface area contributed by atoms with Crippen molar-refractivity contribution in [2.24, 2.45) is 11.8 Å². The van der Waals surface area contributed by atoms with Crippen LogP contribution in [0.4, 0.5) is 11.4 Å². The van der Waals surface area contributed by atoms with Crippen molar-refractivity contribution in [1.82, 2.24) is 4.90 Å². The van der Waals surface area contributed by atoms with Gasteiger partial charge in [-0.05, 0) is 90.8 Å². The lowest BCUT2D eigenvalue weighted by Crippen LogP contribution is -2.25. The molecule has 0 saturated heterocycles. The third-order valence-corrected chi connectivity index (χ3v) is 9.79. The first kappa shape index (κ1) is 30.5. The van der Waals surface area contributed by atoms with Gasteiger partial charge in [0.15, 0.2) is 0 Å². The first-order chi connectivity index (χ1) is 24.3. The molecule has 5 aliphatic carbocycles. The van der Waals surface area contributed by atoms with Crippen molar-refractivity contribution in [1.29, 1.82) is 0 Å². The highest BCUT2D eigenvalue weighted by Crippen LogP contribution is 2.39. The molecular weight excluding hydrogens is 593 g/mol. The highest BCUT2D eigenvalue weighted by molar-refractivity contribution is 5.97. The highest BCUT2D eigenvalue weighted by Gasteiger charge is 2.26. The molecule has 0 heterocycles. The Morgan fingerprint density at radius 1 is 0.592 bits per heavy atom. The third kappa shape index (κ3) is 6.40. The predicted octanol–water partition coefficient (Wildman–Crippen LogP) is 12.0. The van der Waals surface area contributed by atoms with E-state index in [-0.39, 0.29) is 0 Å². The first-order valence-corrected chi connectivity index (χ1v) is 17.5. The van der Waals surface area contributed by atoms with E-state index in [0.29, 0.717) is 11.8 Å². The van der Waals surface area contributed by atoms with Crippen LogP contribution >= 0.6 is 0 Å². The van der Waals surface area contributed by atoms with E-state index >= 15 is 0 Å². The van der Waals surface area contributed by atoms with Crippen molar-refractivity contribution in [3.63, 3.8) is 0 Å². The van der Waals surface area contributed by atoms with Gasteiger partial charge in [0.05, 0.1) is 11.4 Å². The lowest BCUT2D eigenvalue weighted by Gasteiger charge is -2.35. The van der Waals surface area contributed by atoms with Crippen LogP contribution in [0, 0.1) is 11.8 Å². The lowest BCUT2D eigenvalue weighted by atomic mass is 9.85. The Bertz CT molecular complexity index is 2160. The summed E-state index contributed by atoms with van der Waals surface area (Å²) in [6, 6.07) is 26.0. The number of hydrogen-bond acceptors (Lipinski definition) is 2. The number of benzene rings is 3. The average Bonchev–Trinajstić information content (AvgIpc) is 3.43. The van der Waals surface area contributed by atoms with Crippen LogP contribution in [-0.4, -0.2) is 4.90 Å². The van der Waals surface area contributed by atoms with Crippen molar-refractivity contribution in [2.75, 3.05) is 4.90 Å². The summed E-state index contributed by atoms with van der Waals surface area (Å²) in [5, 5.41) is 2.49. The Hall–Kier alpha value is -5.82. The molecule has 0 aliphatic heterocycles. The van der Waals surface area contributed by atoms with Gasteiger partial charge >= 0.3 is 0 Å². The number of fused-ring (bicyclic) bond motifs is 2. The molecule has 8 rings (SSSR count). The van der Waals surface area contributed by atoms with Gasteiger partial charge in [-0.3, -0.25) is 0 Å². The molecule has 2 heteroatoms. The fourth-order valence-electron chi connectivity index (χ4n) is 7.37. The maximum Gasteiger partial charge on any atom is 0.0539 e. The van der Waals surface area contributed by atoms with E-state index in [4.69, 9.17) is 0 Å². The molecule has 238 valence electrons. The number of rotatable bonds is 7. The molecule has 0 amide bonds. The molecule has 3 aromatic rings. The molecule has 3 aromatic carbocycles. The van der Waals surface area contributed by atoms with E-state index in [1.165, 1.54) is 44.7 Å². The van der Waals surface area contributed by atoms with Gasteiger partial charge in [-0.25, -0.2) is 0 Å². The summed E-state index contributed by atoms with van der Waals surface area (Å²) in [5.41, 5.74) is 13.2. The van der Waals surface area contributed by atoms with Gasteiger partial charge in [0.1, 0.15) is 0 Å². The van der Waals surface area contributed by atoms with Gasteiger partial charge in [0.25, 0.3) is 0 Å². The summed E-state index contributed by atoms with van der Waals surface area (Å²) in [6.07, 6.45) is 44.6. The van der Waals surface area contributed by atoms with E-state index in [0.717, 1.165) is 37.1 Å². The van der Waals surface area contributed by atoms with Gasteiger partial charge < -0.3 is 9.80 Å². The van der Waals surface area contributed by atoms with Gasteiger partial charge in [0.2, 0.25) is 0 Å². The van der Waals surface area contributed by atoms with E-state index in [1.54, 1.807) is 0 Å². The normalized spacial score (nSPS) is 23.8. The third-order valence-electron chi connectivity index (χ3n) is 9.79. The Morgan fingerprint density at radius 2 is 1.45 bits per heavy atom. The van der Waals surface area contributed by atoms with Crippen molar-refractivity contribution >= 4 is 22.1 Å². The van der Waals surface area contributed by atoms with Crippen molar-refractivity contribution in [3.05, 3.63) is 222 Å². The number of allylic oxidation sites excluding steroid dienone is 19. The molecule has 0 N–H and O–H groups in total. The van der Waals surface area contributed by atoms with Crippen molar-refractivity contribution in [3.8, 4) is 0 Å². The summed E-state index contributed by atoms with van der Waals surface area (Å²) in [5.74, 6) is 0.721. The molecule has 0 spiro atoms. The van der Waals surface area contributed by atoms with E-state index in [1.807, 2.05) is 12.2 Å². The molecule has 2 unspecified atom stereocenters. The molecule has 2 atom stereocenters. The molecule has 5 aliphatic rings. The second-order valence-electron chi connectivity index (χ2n) is 12.9. The van der Waals surface area contributed by atoms with E-state index in [9.17, 15) is 0 Å². The van der Waals surface area contributed by atoms with Crippen LogP contribution in [0.25, 0.3) is 10.8 Å². The standard InChI is InChI=1S/C47H40N2/c1-2-5-22-41(21-4-1)49(47-29-15-20-39-18-10-13-27-45(39)47)43-34-31-37(32-35-43)36-16-8-11-25-42(33-30-36)48(40-23-6-3-7-24-40)46-28-14-19-38-17-9-12-26-44(38)46/h1-4,6-7,9-10,12-19,21-31,33-35,37,39H,8,11,20,32H2/b33-30-,36-16+,42-25-. The van der Waals surface area contributed by atoms with Crippen LogP contribution in [0.5, 0.6) is 0 Å². The fourth-order valence-corrected chi connectivity index (χ4v) is 7.37. The minimum absolute atomic E-state index is 0.312. The Balaban J connectivity index is 1.10. The lowest BCUT2D eigenvalue weighted by molar-refractivity contribution is 0.542. The SMILES string of the molecule is C1=CC=CC=C(N(C2=CCC(C3=C/CC/C=C(N(c4ccccc4)c4cccc5ccccc45)/C=C\3)C=C2)C2=C3C=CC=CC3CC=C2)C=1. The summed E-state index contributed by atoms with van der Waals surface area (Å²) in [7, 11) is 0. The van der Waals surface area contributed by atoms with Crippen LogP contribution in [0.2, 0.25) is 0 Å². The zero-order valence-electron chi connectivity index (χ0n) is 27.7. The number of para-hydroxylation sites is 1. The molecule has 0 saturated carbocycles. The average molecular weight is 633 g/mol. The zero-order chi connectivity index (χ0) is 32.8. The van der Waals surface area contributed by atoms with Crippen LogP contribution in [-0.2, 0) is 0 Å². The van der Waals surface area contributed by atoms with Crippen LogP contribution in [0.15, 0.2) is 222 Å². The fraction of sp³-hybridized carbons (Fsp3) is 0.128. The van der Waals surface area contributed by atoms with Gasteiger partial charge in [0, 0.05) is 46.1 Å². The number of nitrogens with zero attached hydrogens (tertiary/aromatic N) is 2. The maximum absolute atomic E-state index is 3.34. The molecular formula is C47H40N2. The second kappa shape index (κ2) is 14.1. The van der Waals surface area contributed by atoms with Gasteiger partial charge in [-0.1, -0.05) is 128 Å². The Labute approximate surface area is 290 Å². The Morgan fingerprint density at radius 3 is 2.37 bits per heavy atom. The van der Waals surface area contributed by atoms with E-state index in [2.05, 4.69) is 186 Å². The smallest absolute Gasteiger partial charge is 0.0539 e. The minimum atomic E-state index is 0.312. The van der Waals surface area contributed by atoms with Crippen molar-refractivity contribution in [2.45, 2.75) is 25.7 Å². The zero-order valence-corrected chi connectivity index (χ0v) is 27.7. The maximum atomic E-state index is 3.34. The quantitative estimate of drug-likeness (QED) is 0.239. The van der Waals surface area contributed by atoms with Crippen molar-refractivity contribution < 1.29 is 0 Å². The number of hydrogen-bond donors (Lipinski definition) is 0. The monoisotopic (exact) mass is 632 g/mol. The highest BCUT2D eigenvalue weighted by atomic mass is 15.2. The number of anilines is 2. The predicted molar refractivity (Wildman–Crippen MR) is 207 cm³/mol. The summed E-state index contributed by atoms with van der Waals surface area (Å²) >= 11 is 0. The van der Waals surface area contributed by atoms with E-state index < -0.39 is 0 Å². The molecule has 0 radical (unpaired) electrons. The van der Waals surface area contributed by atoms with Crippen LogP contribution in [0.3, 0.4) is 0 Å². The van der Waals surface area contributed by atoms with Gasteiger partial charge in [-0.2, -0.15) is 0 Å². The molecule has 0 bridgehead atoms. The molecule has 49 heavy (non-hydrogen) atoms.